The zero-order valence-electron chi connectivity index (χ0n) is 10.7. The Morgan fingerprint density at radius 3 is 2.40 bits per heavy atom. The van der Waals surface area contributed by atoms with Crippen LogP contribution in [0.1, 0.15) is 16.8 Å². The number of halogens is 4. The van der Waals surface area contributed by atoms with E-state index in [4.69, 9.17) is 0 Å². The Morgan fingerprint density at radius 1 is 1.15 bits per heavy atom. The van der Waals surface area contributed by atoms with Crippen molar-refractivity contribution < 1.29 is 17.6 Å². The molecule has 2 rings (SSSR count). The van der Waals surface area contributed by atoms with Crippen molar-refractivity contribution in [2.45, 2.75) is 19.3 Å². The molecule has 20 heavy (non-hydrogen) atoms. The first-order valence-corrected chi connectivity index (χ1v) is 5.91. The molecule has 0 fully saturated rings. The van der Waals surface area contributed by atoms with Gasteiger partial charge in [0.05, 0.1) is 6.20 Å². The fourth-order valence-electron chi connectivity index (χ4n) is 1.92. The second-order valence-electron chi connectivity index (χ2n) is 4.37. The lowest BCUT2D eigenvalue weighted by Crippen LogP contribution is -2.18. The molecule has 1 aromatic heterocycles. The quantitative estimate of drug-likeness (QED) is 0.876. The van der Waals surface area contributed by atoms with Crippen molar-refractivity contribution in [2.75, 3.05) is 0 Å². The van der Waals surface area contributed by atoms with Crippen LogP contribution in [-0.4, -0.2) is 9.78 Å². The van der Waals surface area contributed by atoms with Crippen LogP contribution in [0.2, 0.25) is 0 Å². The van der Waals surface area contributed by atoms with E-state index in [-0.39, 0.29) is 17.9 Å². The van der Waals surface area contributed by atoms with E-state index in [1.165, 1.54) is 25.4 Å². The number of nitrogens with zero attached hydrogens (tertiary/aromatic N) is 2. The van der Waals surface area contributed by atoms with Gasteiger partial charge in [0.1, 0.15) is 11.5 Å². The van der Waals surface area contributed by atoms with E-state index < -0.39 is 11.9 Å². The molecule has 2 aromatic rings. The molecule has 1 heterocycles. The number of benzene rings is 1. The largest absolute Gasteiger partial charge is 0.433 e. The van der Waals surface area contributed by atoms with Gasteiger partial charge in [0.15, 0.2) is 0 Å². The predicted octanol–water partition coefficient (Wildman–Crippen LogP) is 2.87. The Bertz CT molecular complexity index is 572. The number of aryl methyl sites for hydroxylation is 1. The average Bonchev–Trinajstić information content (AvgIpc) is 2.73. The Morgan fingerprint density at radius 2 is 1.80 bits per heavy atom. The van der Waals surface area contributed by atoms with Crippen molar-refractivity contribution in [1.82, 2.24) is 15.1 Å². The van der Waals surface area contributed by atoms with Crippen molar-refractivity contribution >= 4 is 0 Å². The van der Waals surface area contributed by atoms with Crippen molar-refractivity contribution in [3.8, 4) is 0 Å². The molecule has 108 valence electrons. The monoisotopic (exact) mass is 287 g/mol. The van der Waals surface area contributed by atoms with Gasteiger partial charge < -0.3 is 5.32 Å². The van der Waals surface area contributed by atoms with Crippen LogP contribution in [0.25, 0.3) is 0 Å². The normalized spacial score (nSPS) is 11.8. The van der Waals surface area contributed by atoms with Crippen LogP contribution in [0.15, 0.2) is 30.5 Å². The topological polar surface area (TPSA) is 29.9 Å². The van der Waals surface area contributed by atoms with E-state index in [9.17, 15) is 17.6 Å². The van der Waals surface area contributed by atoms with E-state index >= 15 is 0 Å². The highest BCUT2D eigenvalue weighted by Gasteiger charge is 2.36. The minimum atomic E-state index is -4.43. The Balaban J connectivity index is 2.00. The zero-order chi connectivity index (χ0) is 14.8. The third-order valence-electron chi connectivity index (χ3n) is 2.84. The molecule has 0 spiro atoms. The summed E-state index contributed by atoms with van der Waals surface area (Å²) >= 11 is 0. The standard InChI is InChI=1S/C13H13F4N3/c1-20-12(13(15,16)17)10(8-19-20)7-18-6-9-2-4-11(14)5-3-9/h2-5,8,18H,6-7H2,1H3. The van der Waals surface area contributed by atoms with Crippen molar-refractivity contribution in [1.29, 1.82) is 0 Å². The molecule has 0 aliphatic rings. The number of hydrogen-bond donors (Lipinski definition) is 1. The maximum atomic E-state index is 12.8. The summed E-state index contributed by atoms with van der Waals surface area (Å²) in [7, 11) is 1.26. The predicted molar refractivity (Wildman–Crippen MR) is 65.2 cm³/mol. The number of rotatable bonds is 4. The van der Waals surface area contributed by atoms with Gasteiger partial charge in [-0.3, -0.25) is 4.68 Å². The molecule has 0 saturated heterocycles. The zero-order valence-corrected chi connectivity index (χ0v) is 10.7. The molecule has 0 atom stereocenters. The highest BCUT2D eigenvalue weighted by molar-refractivity contribution is 5.21. The fraction of sp³-hybridized carbons (Fsp3) is 0.308. The molecule has 3 nitrogen and oxygen atoms in total. The van der Waals surface area contributed by atoms with E-state index in [2.05, 4.69) is 10.4 Å². The van der Waals surface area contributed by atoms with Crippen LogP contribution < -0.4 is 5.32 Å². The number of aromatic nitrogens is 2. The molecular formula is C13H13F4N3. The first-order valence-electron chi connectivity index (χ1n) is 5.91. The Labute approximate surface area is 113 Å². The van der Waals surface area contributed by atoms with Crippen LogP contribution in [0.5, 0.6) is 0 Å². The van der Waals surface area contributed by atoms with Gasteiger partial charge >= 0.3 is 6.18 Å². The molecule has 0 saturated carbocycles. The van der Waals surface area contributed by atoms with Crippen molar-refractivity contribution in [3.05, 3.63) is 53.1 Å². The molecule has 1 aromatic carbocycles. The van der Waals surface area contributed by atoms with Crippen LogP contribution in [-0.2, 0) is 26.3 Å². The highest BCUT2D eigenvalue weighted by Crippen LogP contribution is 2.31. The molecule has 1 N–H and O–H groups in total. The first kappa shape index (κ1) is 14.5. The van der Waals surface area contributed by atoms with Gasteiger partial charge in [0, 0.05) is 25.7 Å². The summed E-state index contributed by atoms with van der Waals surface area (Å²) in [5.74, 6) is -0.347. The smallest absolute Gasteiger partial charge is 0.308 e. The molecule has 0 unspecified atom stereocenters. The highest BCUT2D eigenvalue weighted by atomic mass is 19.4. The minimum absolute atomic E-state index is 0.0417. The number of nitrogens with one attached hydrogen (secondary N) is 1. The summed E-state index contributed by atoms with van der Waals surface area (Å²) in [4.78, 5) is 0. The number of hydrogen-bond acceptors (Lipinski definition) is 2. The minimum Gasteiger partial charge on any atom is -0.308 e. The molecule has 7 heteroatoms. The average molecular weight is 287 g/mol. The van der Waals surface area contributed by atoms with Crippen LogP contribution in [0.3, 0.4) is 0 Å². The lowest BCUT2D eigenvalue weighted by Gasteiger charge is -2.10. The fourth-order valence-corrected chi connectivity index (χ4v) is 1.92. The Kier molecular flexibility index (Phi) is 4.08. The van der Waals surface area contributed by atoms with Crippen LogP contribution >= 0.6 is 0 Å². The van der Waals surface area contributed by atoms with E-state index in [0.29, 0.717) is 6.54 Å². The van der Waals surface area contributed by atoms with Crippen LogP contribution in [0, 0.1) is 5.82 Å². The maximum Gasteiger partial charge on any atom is 0.433 e. The van der Waals surface area contributed by atoms with Gasteiger partial charge in [-0.2, -0.15) is 18.3 Å². The van der Waals surface area contributed by atoms with Crippen molar-refractivity contribution in [3.63, 3.8) is 0 Å². The molecular weight excluding hydrogens is 274 g/mol. The SMILES string of the molecule is Cn1ncc(CNCc2ccc(F)cc2)c1C(F)(F)F. The summed E-state index contributed by atoms with van der Waals surface area (Å²) in [5, 5.41) is 6.51. The third kappa shape index (κ3) is 3.36. The summed E-state index contributed by atoms with van der Waals surface area (Å²) in [5.41, 5.74) is 0.120. The Hall–Kier alpha value is -1.89. The third-order valence-corrected chi connectivity index (χ3v) is 2.84. The van der Waals surface area contributed by atoms with E-state index in [0.717, 1.165) is 10.2 Å². The summed E-state index contributed by atoms with van der Waals surface area (Å²) in [6, 6.07) is 5.77. The number of alkyl halides is 3. The van der Waals surface area contributed by atoms with Gasteiger partial charge in [-0.15, -0.1) is 0 Å². The molecule has 0 aliphatic heterocycles. The van der Waals surface area contributed by atoms with Gasteiger partial charge in [-0.1, -0.05) is 12.1 Å². The lowest BCUT2D eigenvalue weighted by molar-refractivity contribution is -0.144. The van der Waals surface area contributed by atoms with E-state index in [1.807, 2.05) is 0 Å². The van der Waals surface area contributed by atoms with Crippen LogP contribution in [0.4, 0.5) is 17.6 Å². The summed E-state index contributed by atoms with van der Waals surface area (Å²) < 4.78 is 51.9. The van der Waals surface area contributed by atoms with Crippen molar-refractivity contribution in [2.24, 2.45) is 7.05 Å². The van der Waals surface area contributed by atoms with Gasteiger partial charge in [0.2, 0.25) is 0 Å². The summed E-state index contributed by atoms with van der Waals surface area (Å²) in [6.45, 7) is 0.395. The second-order valence-corrected chi connectivity index (χ2v) is 4.37. The molecule has 0 aliphatic carbocycles. The van der Waals surface area contributed by atoms with Gasteiger partial charge in [0.25, 0.3) is 0 Å². The lowest BCUT2D eigenvalue weighted by atomic mass is 10.2. The molecule has 0 amide bonds. The van der Waals surface area contributed by atoms with E-state index in [1.54, 1.807) is 12.1 Å². The van der Waals surface area contributed by atoms with Gasteiger partial charge in [-0.25, -0.2) is 4.39 Å². The first-order chi connectivity index (χ1) is 9.38. The maximum absolute atomic E-state index is 12.8. The summed E-state index contributed by atoms with van der Waals surface area (Å²) in [6.07, 6.45) is -3.24. The van der Waals surface area contributed by atoms with Gasteiger partial charge in [-0.05, 0) is 17.7 Å². The molecule has 0 bridgehead atoms. The molecule has 0 radical (unpaired) electrons. The second kappa shape index (κ2) is 5.62.